The van der Waals surface area contributed by atoms with Crippen molar-refractivity contribution in [1.29, 1.82) is 0 Å². The monoisotopic (exact) mass is 203 g/mol. The molecule has 0 saturated carbocycles. The SMILES string of the molecule is CCC(C)N(C)C(C)(COC)C(=O)O. The van der Waals surface area contributed by atoms with Gasteiger partial charge in [0, 0.05) is 13.2 Å². The highest BCUT2D eigenvalue weighted by Gasteiger charge is 2.39. The van der Waals surface area contributed by atoms with Gasteiger partial charge in [-0.25, -0.2) is 0 Å². The number of carboxylic acid groups (broad SMARTS) is 1. The molecule has 0 bridgehead atoms. The Morgan fingerprint density at radius 3 is 2.43 bits per heavy atom. The normalized spacial score (nSPS) is 17.9. The highest BCUT2D eigenvalue weighted by atomic mass is 16.5. The Morgan fingerprint density at radius 2 is 2.14 bits per heavy atom. The molecule has 0 aromatic carbocycles. The molecule has 2 unspecified atom stereocenters. The van der Waals surface area contributed by atoms with Gasteiger partial charge in [0.1, 0.15) is 5.54 Å². The molecule has 2 atom stereocenters. The Kier molecular flexibility index (Phi) is 5.08. The zero-order valence-corrected chi connectivity index (χ0v) is 9.70. The molecule has 0 radical (unpaired) electrons. The molecule has 0 aliphatic heterocycles. The van der Waals surface area contributed by atoms with Gasteiger partial charge in [-0.2, -0.15) is 0 Å². The minimum atomic E-state index is -0.940. The average molecular weight is 203 g/mol. The molecule has 0 aromatic rings. The zero-order chi connectivity index (χ0) is 11.4. The molecule has 14 heavy (non-hydrogen) atoms. The number of carboxylic acids is 1. The van der Waals surface area contributed by atoms with Crippen molar-refractivity contribution < 1.29 is 14.6 Å². The second-order valence-electron chi connectivity index (χ2n) is 3.88. The minimum Gasteiger partial charge on any atom is -0.480 e. The fourth-order valence-corrected chi connectivity index (χ4v) is 1.36. The second-order valence-corrected chi connectivity index (χ2v) is 3.88. The predicted octanol–water partition coefficient (Wildman–Crippen LogP) is 1.21. The molecule has 0 aliphatic carbocycles. The van der Waals surface area contributed by atoms with Crippen LogP contribution >= 0.6 is 0 Å². The van der Waals surface area contributed by atoms with Gasteiger partial charge in [0.2, 0.25) is 0 Å². The van der Waals surface area contributed by atoms with Gasteiger partial charge >= 0.3 is 5.97 Å². The summed E-state index contributed by atoms with van der Waals surface area (Å²) in [6, 6.07) is 0.228. The van der Waals surface area contributed by atoms with Gasteiger partial charge in [0.05, 0.1) is 6.61 Å². The summed E-state index contributed by atoms with van der Waals surface area (Å²) in [5.41, 5.74) is -0.940. The third kappa shape index (κ3) is 2.69. The van der Waals surface area contributed by atoms with Crippen molar-refractivity contribution >= 4 is 5.97 Å². The summed E-state index contributed by atoms with van der Waals surface area (Å²) < 4.78 is 4.96. The van der Waals surface area contributed by atoms with E-state index in [9.17, 15) is 4.79 Å². The van der Waals surface area contributed by atoms with E-state index in [2.05, 4.69) is 0 Å². The van der Waals surface area contributed by atoms with Gasteiger partial charge in [-0.15, -0.1) is 0 Å². The third-order valence-corrected chi connectivity index (χ3v) is 2.92. The van der Waals surface area contributed by atoms with Crippen LogP contribution in [0.2, 0.25) is 0 Å². The van der Waals surface area contributed by atoms with Crippen LogP contribution in [0, 0.1) is 0 Å². The minimum absolute atomic E-state index is 0.198. The first-order chi connectivity index (χ1) is 6.40. The average Bonchev–Trinajstić information content (AvgIpc) is 2.15. The fourth-order valence-electron chi connectivity index (χ4n) is 1.36. The summed E-state index contributed by atoms with van der Waals surface area (Å²) in [5.74, 6) is -0.845. The molecule has 0 saturated heterocycles. The molecule has 0 rings (SSSR count). The number of aliphatic carboxylic acids is 1. The summed E-state index contributed by atoms with van der Waals surface area (Å²) in [6.45, 7) is 5.93. The van der Waals surface area contributed by atoms with E-state index < -0.39 is 11.5 Å². The number of hydrogen-bond acceptors (Lipinski definition) is 3. The zero-order valence-electron chi connectivity index (χ0n) is 9.70. The second kappa shape index (κ2) is 5.32. The van der Waals surface area contributed by atoms with Crippen LogP contribution in [-0.4, -0.2) is 48.3 Å². The number of methoxy groups -OCH3 is 1. The van der Waals surface area contributed by atoms with Crippen molar-refractivity contribution in [2.24, 2.45) is 0 Å². The van der Waals surface area contributed by atoms with E-state index in [0.717, 1.165) is 6.42 Å². The number of nitrogens with zero attached hydrogens (tertiary/aromatic N) is 1. The fraction of sp³-hybridized carbons (Fsp3) is 0.900. The molecule has 0 aromatic heterocycles. The van der Waals surface area contributed by atoms with Crippen LogP contribution in [-0.2, 0) is 9.53 Å². The van der Waals surface area contributed by atoms with Crippen LogP contribution in [0.5, 0.6) is 0 Å². The standard InChI is InChI=1S/C10H21NO3/c1-6-8(2)11(4)10(3,7-14-5)9(12)13/h8H,6-7H2,1-5H3,(H,12,13). The largest absolute Gasteiger partial charge is 0.480 e. The van der Waals surface area contributed by atoms with Crippen LogP contribution in [0.4, 0.5) is 0 Å². The van der Waals surface area contributed by atoms with Gasteiger partial charge in [0.15, 0.2) is 0 Å². The lowest BCUT2D eigenvalue weighted by molar-refractivity contribution is -0.154. The Morgan fingerprint density at radius 1 is 1.64 bits per heavy atom. The molecular formula is C10H21NO3. The van der Waals surface area contributed by atoms with Crippen molar-refractivity contribution in [3.05, 3.63) is 0 Å². The molecule has 4 nitrogen and oxygen atoms in total. The van der Waals surface area contributed by atoms with E-state index in [1.54, 1.807) is 6.92 Å². The summed E-state index contributed by atoms with van der Waals surface area (Å²) in [6.07, 6.45) is 0.920. The van der Waals surface area contributed by atoms with Crippen LogP contribution < -0.4 is 0 Å². The quantitative estimate of drug-likeness (QED) is 0.705. The Hall–Kier alpha value is -0.610. The van der Waals surface area contributed by atoms with E-state index in [0.29, 0.717) is 0 Å². The Labute approximate surface area is 85.9 Å². The molecular weight excluding hydrogens is 182 g/mol. The first kappa shape index (κ1) is 13.4. The lowest BCUT2D eigenvalue weighted by atomic mass is 9.99. The number of hydrogen-bond donors (Lipinski definition) is 1. The molecule has 1 N–H and O–H groups in total. The maximum absolute atomic E-state index is 11.2. The maximum atomic E-state index is 11.2. The third-order valence-electron chi connectivity index (χ3n) is 2.92. The topological polar surface area (TPSA) is 49.8 Å². The summed E-state index contributed by atoms with van der Waals surface area (Å²) in [5, 5.41) is 9.16. The Bertz CT molecular complexity index is 196. The maximum Gasteiger partial charge on any atom is 0.326 e. The van der Waals surface area contributed by atoms with Gasteiger partial charge < -0.3 is 9.84 Å². The number of ether oxygens (including phenoxy) is 1. The molecule has 84 valence electrons. The van der Waals surface area contributed by atoms with Crippen molar-refractivity contribution in [1.82, 2.24) is 4.90 Å². The highest BCUT2D eigenvalue weighted by Crippen LogP contribution is 2.18. The van der Waals surface area contributed by atoms with Crippen LogP contribution in [0.3, 0.4) is 0 Å². The predicted molar refractivity (Wildman–Crippen MR) is 55.4 cm³/mol. The van der Waals surface area contributed by atoms with Gasteiger partial charge in [-0.3, -0.25) is 9.69 Å². The summed E-state index contributed by atoms with van der Waals surface area (Å²) >= 11 is 0. The van der Waals surface area contributed by atoms with E-state index in [4.69, 9.17) is 9.84 Å². The molecule has 0 spiro atoms. The van der Waals surface area contributed by atoms with Crippen molar-refractivity contribution in [3.63, 3.8) is 0 Å². The number of rotatable bonds is 6. The van der Waals surface area contributed by atoms with Crippen LogP contribution in [0.15, 0.2) is 0 Å². The molecule has 0 amide bonds. The number of likely N-dealkylation sites (N-methyl/N-ethyl adjacent to an activating group) is 1. The molecule has 0 fully saturated rings. The number of carbonyl (C=O) groups is 1. The lowest BCUT2D eigenvalue weighted by Gasteiger charge is -2.38. The highest BCUT2D eigenvalue weighted by molar-refractivity contribution is 5.78. The van der Waals surface area contributed by atoms with Crippen molar-refractivity contribution in [3.8, 4) is 0 Å². The van der Waals surface area contributed by atoms with Gasteiger partial charge in [-0.1, -0.05) is 6.92 Å². The van der Waals surface area contributed by atoms with E-state index >= 15 is 0 Å². The van der Waals surface area contributed by atoms with E-state index in [-0.39, 0.29) is 12.6 Å². The summed E-state index contributed by atoms with van der Waals surface area (Å²) in [4.78, 5) is 13.0. The smallest absolute Gasteiger partial charge is 0.326 e. The molecule has 0 heterocycles. The first-order valence-electron chi connectivity index (χ1n) is 4.85. The summed E-state index contributed by atoms with van der Waals surface area (Å²) in [7, 11) is 3.34. The molecule has 0 aliphatic rings. The van der Waals surface area contributed by atoms with Crippen molar-refractivity contribution in [2.45, 2.75) is 38.8 Å². The van der Waals surface area contributed by atoms with E-state index in [1.165, 1.54) is 7.11 Å². The van der Waals surface area contributed by atoms with Gasteiger partial charge in [-0.05, 0) is 27.3 Å². The van der Waals surface area contributed by atoms with Crippen molar-refractivity contribution in [2.75, 3.05) is 20.8 Å². The Balaban J connectivity index is 4.72. The van der Waals surface area contributed by atoms with Gasteiger partial charge in [0.25, 0.3) is 0 Å². The van der Waals surface area contributed by atoms with Crippen LogP contribution in [0.1, 0.15) is 27.2 Å². The van der Waals surface area contributed by atoms with E-state index in [1.807, 2.05) is 25.8 Å². The lowest BCUT2D eigenvalue weighted by Crippen LogP contribution is -2.56. The molecule has 4 heteroatoms. The first-order valence-corrected chi connectivity index (χ1v) is 4.85. The van der Waals surface area contributed by atoms with Crippen LogP contribution in [0.25, 0.3) is 0 Å².